The van der Waals surface area contributed by atoms with Crippen LogP contribution in [0.2, 0.25) is 5.02 Å². The van der Waals surface area contributed by atoms with Crippen LogP contribution in [0.4, 0.5) is 16.0 Å². The average Bonchev–Trinajstić information content (AvgIpc) is 3.26. The van der Waals surface area contributed by atoms with E-state index < -0.39 is 0 Å². The summed E-state index contributed by atoms with van der Waals surface area (Å²) in [5.41, 5.74) is 0. The molecular formula is C16H17ClFN5. The van der Waals surface area contributed by atoms with Gasteiger partial charge in [0.25, 0.3) is 0 Å². The quantitative estimate of drug-likeness (QED) is 0.861. The zero-order valence-corrected chi connectivity index (χ0v) is 13.3. The summed E-state index contributed by atoms with van der Waals surface area (Å²) in [4.78, 5) is 16.9. The fraction of sp³-hybridized carbons (Fsp3) is 0.438. The second-order valence-corrected chi connectivity index (χ2v) is 6.49. The Hall–Kier alpha value is -1.95. The molecule has 3 heterocycles. The molecule has 1 saturated heterocycles. The number of halogens is 2. The van der Waals surface area contributed by atoms with Gasteiger partial charge in [-0.3, -0.25) is 0 Å². The summed E-state index contributed by atoms with van der Waals surface area (Å²) in [6, 6.07) is 4.12. The van der Waals surface area contributed by atoms with Crippen LogP contribution in [0.5, 0.6) is 0 Å². The molecular weight excluding hydrogens is 317 g/mol. The number of hydrogen-bond acceptors (Lipinski definition) is 5. The van der Waals surface area contributed by atoms with Crippen molar-refractivity contribution in [2.75, 3.05) is 22.9 Å². The summed E-state index contributed by atoms with van der Waals surface area (Å²) in [5.74, 6) is 0.979. The van der Waals surface area contributed by atoms with E-state index in [-0.39, 0.29) is 5.82 Å². The summed E-state index contributed by atoms with van der Waals surface area (Å²) in [5, 5.41) is 0.322. The van der Waals surface area contributed by atoms with Gasteiger partial charge >= 0.3 is 0 Å². The third-order valence-electron chi connectivity index (χ3n) is 4.42. The predicted octanol–water partition coefficient (Wildman–Crippen LogP) is 2.91. The minimum absolute atomic E-state index is 0.314. The van der Waals surface area contributed by atoms with Crippen LogP contribution in [0.1, 0.15) is 19.3 Å². The minimum Gasteiger partial charge on any atom is -0.352 e. The first-order valence-corrected chi connectivity index (χ1v) is 8.20. The van der Waals surface area contributed by atoms with Crippen molar-refractivity contribution >= 4 is 23.2 Å². The lowest BCUT2D eigenvalue weighted by Gasteiger charge is -2.30. The first-order chi connectivity index (χ1) is 11.2. The molecule has 0 N–H and O–H groups in total. The first-order valence-electron chi connectivity index (χ1n) is 7.83. The van der Waals surface area contributed by atoms with E-state index in [1.54, 1.807) is 12.5 Å². The van der Waals surface area contributed by atoms with Crippen molar-refractivity contribution in [2.24, 2.45) is 0 Å². The lowest BCUT2D eigenvalue weighted by Crippen LogP contribution is -2.40. The zero-order valence-electron chi connectivity index (χ0n) is 12.6. The summed E-state index contributed by atoms with van der Waals surface area (Å²) in [6.45, 7) is 1.52. The SMILES string of the molecule is Fc1cc(Cl)cnc1N1CCC(N(c2ccncn2)C2CC2)C1. The van der Waals surface area contributed by atoms with E-state index in [2.05, 4.69) is 19.9 Å². The maximum absolute atomic E-state index is 14.1. The Kier molecular flexibility index (Phi) is 3.77. The fourth-order valence-electron chi connectivity index (χ4n) is 3.26. The normalized spacial score (nSPS) is 20.8. The van der Waals surface area contributed by atoms with E-state index in [0.717, 1.165) is 25.3 Å². The lowest BCUT2D eigenvalue weighted by atomic mass is 10.2. The monoisotopic (exact) mass is 333 g/mol. The van der Waals surface area contributed by atoms with Gasteiger partial charge in [-0.2, -0.15) is 0 Å². The summed E-state index contributed by atoms with van der Waals surface area (Å²) in [6.07, 6.45) is 8.19. The number of aromatic nitrogens is 3. The van der Waals surface area contributed by atoms with E-state index in [1.165, 1.54) is 25.1 Å². The van der Waals surface area contributed by atoms with Gasteiger partial charge in [-0.1, -0.05) is 11.6 Å². The van der Waals surface area contributed by atoms with Crippen molar-refractivity contribution in [3.63, 3.8) is 0 Å². The molecule has 5 nitrogen and oxygen atoms in total. The van der Waals surface area contributed by atoms with Crippen LogP contribution in [0.25, 0.3) is 0 Å². The van der Waals surface area contributed by atoms with Crippen molar-refractivity contribution in [2.45, 2.75) is 31.3 Å². The van der Waals surface area contributed by atoms with Crippen LogP contribution in [-0.4, -0.2) is 40.1 Å². The molecule has 1 aliphatic carbocycles. The van der Waals surface area contributed by atoms with Crippen LogP contribution in [-0.2, 0) is 0 Å². The molecule has 0 aromatic carbocycles. The van der Waals surface area contributed by atoms with Gasteiger partial charge in [0.15, 0.2) is 11.6 Å². The molecule has 2 aromatic heterocycles. The van der Waals surface area contributed by atoms with Crippen molar-refractivity contribution in [3.05, 3.63) is 41.7 Å². The molecule has 0 spiro atoms. The Balaban J connectivity index is 1.55. The molecule has 0 radical (unpaired) electrons. The average molecular weight is 334 g/mol. The highest BCUT2D eigenvalue weighted by atomic mass is 35.5. The number of nitrogens with zero attached hydrogens (tertiary/aromatic N) is 5. The molecule has 4 rings (SSSR count). The number of hydrogen-bond donors (Lipinski definition) is 0. The maximum atomic E-state index is 14.1. The molecule has 7 heteroatoms. The number of anilines is 2. The van der Waals surface area contributed by atoms with Crippen LogP contribution in [0, 0.1) is 5.82 Å². The predicted molar refractivity (Wildman–Crippen MR) is 87.4 cm³/mol. The van der Waals surface area contributed by atoms with Crippen molar-refractivity contribution < 1.29 is 4.39 Å². The first kappa shape index (κ1) is 14.6. The van der Waals surface area contributed by atoms with Crippen molar-refractivity contribution in [1.29, 1.82) is 0 Å². The molecule has 1 atom stereocenters. The minimum atomic E-state index is -0.363. The number of rotatable bonds is 4. The molecule has 2 fully saturated rings. The highest BCUT2D eigenvalue weighted by molar-refractivity contribution is 6.30. The van der Waals surface area contributed by atoms with Gasteiger partial charge in [0.2, 0.25) is 0 Å². The molecule has 2 aliphatic rings. The highest BCUT2D eigenvalue weighted by Crippen LogP contribution is 2.35. The van der Waals surface area contributed by atoms with E-state index in [4.69, 9.17) is 11.6 Å². The Morgan fingerprint density at radius 3 is 2.78 bits per heavy atom. The fourth-order valence-corrected chi connectivity index (χ4v) is 3.41. The molecule has 120 valence electrons. The standard InChI is InChI=1S/C16H17ClFN5/c17-11-7-14(18)16(20-8-11)22-6-4-13(9-22)23(12-1-2-12)15-3-5-19-10-21-15/h3,5,7-8,10,12-13H,1-2,4,6,9H2. The Bertz CT molecular complexity index is 694. The van der Waals surface area contributed by atoms with E-state index in [1.807, 2.05) is 11.0 Å². The zero-order chi connectivity index (χ0) is 15.8. The van der Waals surface area contributed by atoms with Gasteiger partial charge in [-0.05, 0) is 31.4 Å². The van der Waals surface area contributed by atoms with E-state index >= 15 is 0 Å². The summed E-state index contributed by atoms with van der Waals surface area (Å²) in [7, 11) is 0. The van der Waals surface area contributed by atoms with Crippen LogP contribution in [0.3, 0.4) is 0 Å². The summed E-state index contributed by atoms with van der Waals surface area (Å²) >= 11 is 5.79. The third kappa shape index (κ3) is 2.95. The molecule has 1 unspecified atom stereocenters. The smallest absolute Gasteiger partial charge is 0.167 e. The van der Waals surface area contributed by atoms with Crippen LogP contribution in [0.15, 0.2) is 30.9 Å². The Labute approximate surface area is 139 Å². The third-order valence-corrected chi connectivity index (χ3v) is 4.62. The van der Waals surface area contributed by atoms with Gasteiger partial charge in [0.1, 0.15) is 12.1 Å². The summed E-state index contributed by atoms with van der Waals surface area (Å²) < 4.78 is 14.1. The molecule has 0 bridgehead atoms. The number of pyridine rings is 1. The second kappa shape index (κ2) is 5.92. The Morgan fingerprint density at radius 1 is 1.22 bits per heavy atom. The molecule has 2 aromatic rings. The van der Waals surface area contributed by atoms with E-state index in [0.29, 0.717) is 22.9 Å². The van der Waals surface area contributed by atoms with E-state index in [9.17, 15) is 4.39 Å². The largest absolute Gasteiger partial charge is 0.352 e. The van der Waals surface area contributed by atoms with Crippen LogP contribution < -0.4 is 9.80 Å². The van der Waals surface area contributed by atoms with Gasteiger partial charge in [-0.25, -0.2) is 19.3 Å². The maximum Gasteiger partial charge on any atom is 0.167 e. The molecule has 0 amide bonds. The van der Waals surface area contributed by atoms with Crippen molar-refractivity contribution in [1.82, 2.24) is 15.0 Å². The lowest BCUT2D eigenvalue weighted by molar-refractivity contribution is 0.608. The van der Waals surface area contributed by atoms with Gasteiger partial charge in [0, 0.05) is 37.6 Å². The second-order valence-electron chi connectivity index (χ2n) is 6.05. The highest BCUT2D eigenvalue weighted by Gasteiger charge is 2.38. The Morgan fingerprint density at radius 2 is 2.09 bits per heavy atom. The molecule has 23 heavy (non-hydrogen) atoms. The van der Waals surface area contributed by atoms with Gasteiger partial charge < -0.3 is 9.80 Å². The van der Waals surface area contributed by atoms with Crippen molar-refractivity contribution in [3.8, 4) is 0 Å². The van der Waals surface area contributed by atoms with Gasteiger partial charge in [-0.15, -0.1) is 0 Å². The topological polar surface area (TPSA) is 45.2 Å². The van der Waals surface area contributed by atoms with Gasteiger partial charge in [0.05, 0.1) is 5.02 Å². The molecule has 1 saturated carbocycles. The van der Waals surface area contributed by atoms with Crippen LogP contribution >= 0.6 is 11.6 Å². The molecule has 1 aliphatic heterocycles.